The molecule has 11 N–H and O–H groups in total. The molecule has 3 aliphatic rings. The first-order valence-corrected chi connectivity index (χ1v) is 38.8. The molecule has 3 rings (SSSR count). The van der Waals surface area contributed by atoms with Crippen molar-refractivity contribution in [3.05, 3.63) is 24.3 Å². The van der Waals surface area contributed by atoms with Crippen molar-refractivity contribution in [3.8, 4) is 0 Å². The lowest BCUT2D eigenvalue weighted by molar-refractivity contribution is -0.385. The van der Waals surface area contributed by atoms with Crippen LogP contribution in [0.2, 0.25) is 0 Å². The molecule has 0 aliphatic carbocycles. The molecule has 3 heterocycles. The lowest BCUT2D eigenvalue weighted by Crippen LogP contribution is -2.68. The van der Waals surface area contributed by atoms with E-state index in [-0.39, 0.29) is 76.8 Å². The van der Waals surface area contributed by atoms with E-state index in [2.05, 4.69) is 54.1 Å². The zero-order valence-electron chi connectivity index (χ0n) is 60.5. The van der Waals surface area contributed by atoms with Crippen LogP contribution in [0.5, 0.6) is 0 Å². The van der Waals surface area contributed by atoms with Gasteiger partial charge in [-0.3, -0.25) is 37.5 Å². The number of rotatable bonds is 58. The summed E-state index contributed by atoms with van der Waals surface area (Å²) in [4.78, 5) is 63.7. The first-order valence-electron chi connectivity index (χ1n) is 37.3. The molecule has 0 saturated carbocycles. The maximum absolute atomic E-state index is 13.5. The van der Waals surface area contributed by atoms with Crippen LogP contribution < -0.4 is 16.0 Å². The van der Waals surface area contributed by atoms with Gasteiger partial charge >= 0.3 is 19.8 Å². The van der Waals surface area contributed by atoms with Crippen LogP contribution in [-0.2, 0) is 80.0 Å². The smallest absolute Gasteiger partial charge is 0.462 e. The summed E-state index contributed by atoms with van der Waals surface area (Å²) in [5, 5.41) is 92.9. The SMILES string of the molecule is CCCCCCCCC=CCCCCCCCC(=O)OC[C@H](COP(=O)(OC)OCCNC(=O)CCCCC(=O)NCCCO[C@@H]1OC(CO)[C@H](O)[C@H](O[C@@H]2OC(CO)[C@H](O)[C@H](O)C2NC(C)=O)C1O[C@@H]1OC(C)[C@H](O)[C@@H](O)C1O)OC(=O)CCCCCCC/C=C/CCCCCCCC. The fourth-order valence-corrected chi connectivity index (χ4v) is 12.7. The first-order chi connectivity index (χ1) is 48.2. The summed E-state index contributed by atoms with van der Waals surface area (Å²) < 4.78 is 76.4. The number of nitrogens with one attached hydrogen (secondary N) is 3. The van der Waals surface area contributed by atoms with E-state index in [0.29, 0.717) is 25.7 Å². The number of phosphoric ester groups is 1. The Labute approximate surface area is 593 Å². The van der Waals surface area contributed by atoms with Gasteiger partial charge in [-0.2, -0.15) is 0 Å². The number of unbranched alkanes of at least 4 members (excludes halogenated alkanes) is 23. The fraction of sp³-hybridized carbons (Fsp3) is 0.873. The molecule has 0 aromatic carbocycles. The largest absolute Gasteiger partial charge is 0.474 e. The number of amides is 3. The second-order valence-corrected chi connectivity index (χ2v) is 28.2. The van der Waals surface area contributed by atoms with E-state index in [1.807, 2.05) is 0 Å². The van der Waals surface area contributed by atoms with Crippen molar-refractivity contribution < 1.29 is 121 Å². The number of esters is 2. The molecular weight excluding hydrogens is 1330 g/mol. The van der Waals surface area contributed by atoms with Crippen LogP contribution in [0.25, 0.3) is 0 Å². The second-order valence-electron chi connectivity index (χ2n) is 26.4. The summed E-state index contributed by atoms with van der Waals surface area (Å²) in [7, 11) is -3.13. The van der Waals surface area contributed by atoms with Crippen molar-refractivity contribution in [3.63, 3.8) is 0 Å². The molecule has 3 amide bonds. The lowest BCUT2D eigenvalue weighted by atomic mass is 9.95. The minimum absolute atomic E-state index is 0.0468. The normalized spacial score (nSPS) is 26.5. The van der Waals surface area contributed by atoms with Crippen molar-refractivity contribution in [2.75, 3.05) is 59.8 Å². The van der Waals surface area contributed by atoms with Gasteiger partial charge in [-0.1, -0.05) is 141 Å². The third-order valence-electron chi connectivity index (χ3n) is 17.8. The minimum atomic E-state index is -4.25. The van der Waals surface area contributed by atoms with Crippen LogP contribution in [0.1, 0.15) is 240 Å². The van der Waals surface area contributed by atoms with E-state index in [9.17, 15) is 69.4 Å². The second kappa shape index (κ2) is 54.9. The summed E-state index contributed by atoms with van der Waals surface area (Å²) >= 11 is 0. The number of aliphatic hydroxyl groups is 8. The van der Waals surface area contributed by atoms with E-state index in [4.69, 9.17) is 51.5 Å². The van der Waals surface area contributed by atoms with Crippen molar-refractivity contribution >= 4 is 37.5 Å². The number of aliphatic hydroxyl groups excluding tert-OH is 8. The molecule has 0 spiro atoms. The van der Waals surface area contributed by atoms with Crippen molar-refractivity contribution in [1.29, 1.82) is 0 Å². The van der Waals surface area contributed by atoms with Gasteiger partial charge in [0.15, 0.2) is 25.0 Å². The number of hydrogen-bond donors (Lipinski definition) is 11. The summed E-state index contributed by atoms with van der Waals surface area (Å²) in [6.07, 6.45) is 15.8. The maximum atomic E-state index is 13.5. The zero-order valence-corrected chi connectivity index (χ0v) is 61.4. The molecule has 582 valence electrons. The summed E-state index contributed by atoms with van der Waals surface area (Å²) in [5.41, 5.74) is 0. The zero-order chi connectivity index (χ0) is 73.3. The molecule has 29 heteroatoms. The monoisotopic (exact) mass is 1450 g/mol. The maximum Gasteiger partial charge on any atom is 0.474 e. The standard InChI is InChI=1S/C71H128N3O25P/c1-6-8-10-12-14-16-18-20-22-24-26-28-30-32-34-41-58(80)91-49-53(95-59(81)42-35-33-31-29-27-25-23-21-19-17-15-13-11-9-7-2)50-93-100(88,89-5)92-46-44-73-57(79)40-37-36-39-56(78)72-43-38-45-90-71-68(99-70-66(87)65(86)61(82)51(3)94-70)67(63(84)55(48-76)97-71)98-69-60(74-52(4)77)64(85)62(83)54(47-75)96-69/h20-23,51,53-55,60-71,75-76,82-87H,6-19,24-50H2,1-5H3,(H,72,78)(H,73,79)(H,74,77)/b22-20?,23-21+/t51?,53-,54?,55?,60?,61+,62+,63+,64-,65-,66?,67+,68?,69+,70+,71-,100?/m1/s1. The highest BCUT2D eigenvalue weighted by molar-refractivity contribution is 7.48. The van der Waals surface area contributed by atoms with E-state index in [1.54, 1.807) is 0 Å². The molecular formula is C71H128N3O25P. The number of hydrogen-bond acceptors (Lipinski definition) is 25. The number of ether oxygens (including phenoxy) is 8. The van der Waals surface area contributed by atoms with Crippen LogP contribution in [-0.4, -0.2) is 229 Å². The van der Waals surface area contributed by atoms with Crippen molar-refractivity contribution in [2.45, 2.75) is 338 Å². The minimum Gasteiger partial charge on any atom is -0.462 e. The Morgan fingerprint density at radius 1 is 0.490 bits per heavy atom. The highest BCUT2D eigenvalue weighted by Gasteiger charge is 2.54. The van der Waals surface area contributed by atoms with E-state index < -0.39 is 144 Å². The van der Waals surface area contributed by atoms with E-state index in [1.165, 1.54) is 84.0 Å². The Morgan fingerprint density at radius 2 is 0.970 bits per heavy atom. The van der Waals surface area contributed by atoms with Gasteiger partial charge in [0.05, 0.1) is 39.1 Å². The Morgan fingerprint density at radius 3 is 1.50 bits per heavy atom. The molecule has 17 atom stereocenters. The van der Waals surface area contributed by atoms with Gasteiger partial charge in [-0.15, -0.1) is 0 Å². The van der Waals surface area contributed by atoms with Gasteiger partial charge in [-0.25, -0.2) is 4.57 Å². The topological polar surface area (TPSA) is 402 Å². The predicted molar refractivity (Wildman–Crippen MR) is 371 cm³/mol. The fourth-order valence-electron chi connectivity index (χ4n) is 11.7. The Balaban J connectivity index is 1.44. The van der Waals surface area contributed by atoms with Gasteiger partial charge in [0.2, 0.25) is 17.7 Å². The van der Waals surface area contributed by atoms with Crippen LogP contribution in [0, 0.1) is 0 Å². The van der Waals surface area contributed by atoms with Gasteiger partial charge in [-0.05, 0) is 90.4 Å². The number of phosphoric acid groups is 1. The van der Waals surface area contributed by atoms with Crippen LogP contribution in [0.15, 0.2) is 24.3 Å². The van der Waals surface area contributed by atoms with E-state index in [0.717, 1.165) is 91.1 Å². The number of carbonyl (C=O) groups is 5. The molecule has 28 nitrogen and oxygen atoms in total. The summed E-state index contributed by atoms with van der Waals surface area (Å²) in [6, 6.07) is -1.49. The molecule has 7 unspecified atom stereocenters. The molecule has 3 fully saturated rings. The molecule has 0 aromatic rings. The average molecular weight is 1450 g/mol. The highest BCUT2D eigenvalue weighted by Crippen LogP contribution is 2.48. The predicted octanol–water partition coefficient (Wildman–Crippen LogP) is 7.12. The Bertz CT molecular complexity index is 2290. The van der Waals surface area contributed by atoms with E-state index >= 15 is 0 Å². The number of allylic oxidation sites excluding steroid dienone is 4. The highest BCUT2D eigenvalue weighted by atomic mass is 31.2. The average Bonchev–Trinajstić information content (AvgIpc) is 0.774. The van der Waals surface area contributed by atoms with Gasteiger partial charge in [0.25, 0.3) is 0 Å². The molecule has 0 bridgehead atoms. The van der Waals surface area contributed by atoms with Crippen molar-refractivity contribution in [2.24, 2.45) is 0 Å². The first kappa shape index (κ1) is 90.6. The van der Waals surface area contributed by atoms with Gasteiger partial charge < -0.3 is 94.7 Å². The molecule has 100 heavy (non-hydrogen) atoms. The van der Waals surface area contributed by atoms with Crippen LogP contribution in [0.4, 0.5) is 0 Å². The van der Waals surface area contributed by atoms with Gasteiger partial charge in [0.1, 0.15) is 73.7 Å². The quantitative estimate of drug-likeness (QED) is 0.0125. The lowest BCUT2D eigenvalue weighted by Gasteiger charge is -2.49. The van der Waals surface area contributed by atoms with Crippen LogP contribution >= 0.6 is 7.82 Å². The van der Waals surface area contributed by atoms with Gasteiger partial charge in [0, 0.05) is 52.8 Å². The molecule has 3 aliphatic heterocycles. The van der Waals surface area contributed by atoms with Crippen molar-refractivity contribution in [1.82, 2.24) is 16.0 Å². The number of carbonyl (C=O) groups excluding carboxylic acids is 5. The summed E-state index contributed by atoms with van der Waals surface area (Å²) in [6.45, 7) is 4.15. The third-order valence-corrected chi connectivity index (χ3v) is 19.2. The molecule has 0 aromatic heterocycles. The third kappa shape index (κ3) is 37.9. The summed E-state index contributed by atoms with van der Waals surface area (Å²) in [5.74, 6) is -2.34. The Kier molecular flexibility index (Phi) is 49.8. The molecule has 0 radical (unpaired) electrons. The molecule has 3 saturated heterocycles. The van der Waals surface area contributed by atoms with Crippen LogP contribution in [0.3, 0.4) is 0 Å². The Hall–Kier alpha value is -3.62.